The Labute approximate surface area is 155 Å². The fourth-order valence-electron chi connectivity index (χ4n) is 3.58. The Balaban J connectivity index is 0.00000208. The van der Waals surface area contributed by atoms with Gasteiger partial charge in [-0.15, -0.1) is 23.7 Å². The fraction of sp³-hybridized carbons (Fsp3) is 0.750. The van der Waals surface area contributed by atoms with Gasteiger partial charge in [-0.05, 0) is 51.8 Å². The topological polar surface area (TPSA) is 52.7 Å². The van der Waals surface area contributed by atoms with E-state index in [0.717, 1.165) is 48.4 Å². The first-order chi connectivity index (χ1) is 11.0. The van der Waals surface area contributed by atoms with Gasteiger partial charge < -0.3 is 10.2 Å². The van der Waals surface area contributed by atoms with Gasteiger partial charge in [0.2, 0.25) is 10.0 Å². The van der Waals surface area contributed by atoms with Gasteiger partial charge in [0.05, 0.1) is 4.90 Å². The highest BCUT2D eigenvalue weighted by Crippen LogP contribution is 2.28. The molecule has 24 heavy (non-hydrogen) atoms. The third-order valence-electron chi connectivity index (χ3n) is 4.92. The van der Waals surface area contributed by atoms with E-state index < -0.39 is 10.0 Å². The molecule has 0 aromatic carbocycles. The zero-order valence-corrected chi connectivity index (χ0v) is 16.9. The second kappa shape index (κ2) is 8.47. The molecule has 0 aliphatic carbocycles. The van der Waals surface area contributed by atoms with Crippen LogP contribution >= 0.6 is 23.7 Å². The molecule has 2 aliphatic heterocycles. The third-order valence-corrected chi connectivity index (χ3v) is 8.04. The Morgan fingerprint density at radius 2 is 1.79 bits per heavy atom. The molecule has 8 heteroatoms. The number of piperidine rings is 1. The molecule has 0 saturated carbocycles. The van der Waals surface area contributed by atoms with Gasteiger partial charge in [0.1, 0.15) is 0 Å². The molecule has 3 rings (SSSR count). The van der Waals surface area contributed by atoms with E-state index in [2.05, 4.69) is 10.2 Å². The van der Waals surface area contributed by atoms with E-state index in [1.807, 2.05) is 19.9 Å². The normalized spacial score (nSPS) is 21.6. The van der Waals surface area contributed by atoms with Crippen molar-refractivity contribution in [2.45, 2.75) is 31.6 Å². The maximum absolute atomic E-state index is 12.8. The highest BCUT2D eigenvalue weighted by atomic mass is 35.5. The summed E-state index contributed by atoms with van der Waals surface area (Å²) in [7, 11) is -3.32. The van der Waals surface area contributed by atoms with Crippen LogP contribution in [0.1, 0.15) is 22.6 Å². The van der Waals surface area contributed by atoms with Crippen molar-refractivity contribution in [2.24, 2.45) is 5.92 Å². The summed E-state index contributed by atoms with van der Waals surface area (Å²) in [6, 6.07) is 1.82. The second-order valence-corrected chi connectivity index (χ2v) is 10.0. The van der Waals surface area contributed by atoms with Crippen LogP contribution in [0, 0.1) is 19.8 Å². The van der Waals surface area contributed by atoms with Gasteiger partial charge in [0.15, 0.2) is 0 Å². The first-order valence-corrected chi connectivity index (χ1v) is 10.7. The molecule has 3 heterocycles. The number of hydrogen-bond donors (Lipinski definition) is 1. The average Bonchev–Trinajstić information content (AvgIpc) is 2.88. The Hall–Kier alpha value is -0.180. The number of rotatable bonds is 4. The van der Waals surface area contributed by atoms with Crippen LogP contribution in [-0.2, 0) is 10.0 Å². The van der Waals surface area contributed by atoms with Crippen LogP contribution in [0.5, 0.6) is 0 Å². The molecular formula is C16H28ClN3O2S2. The smallest absolute Gasteiger partial charge is 0.244 e. The number of nitrogens with one attached hydrogen (secondary N) is 1. The van der Waals surface area contributed by atoms with Crippen LogP contribution in [0.3, 0.4) is 0 Å². The molecule has 1 aromatic rings. The summed E-state index contributed by atoms with van der Waals surface area (Å²) < 4.78 is 27.3. The largest absolute Gasteiger partial charge is 0.317 e. The van der Waals surface area contributed by atoms with Gasteiger partial charge in [0.25, 0.3) is 0 Å². The minimum absolute atomic E-state index is 0. The molecule has 2 saturated heterocycles. The van der Waals surface area contributed by atoms with Crippen molar-refractivity contribution in [3.05, 3.63) is 15.8 Å². The summed E-state index contributed by atoms with van der Waals surface area (Å²) >= 11 is 1.56. The fourth-order valence-corrected chi connectivity index (χ4v) is 6.53. The summed E-state index contributed by atoms with van der Waals surface area (Å²) in [6.45, 7) is 10.2. The zero-order chi connectivity index (χ0) is 16.4. The number of nitrogens with zero attached hydrogens (tertiary/aromatic N) is 2. The van der Waals surface area contributed by atoms with Gasteiger partial charge in [-0.1, -0.05) is 0 Å². The Morgan fingerprint density at radius 1 is 1.17 bits per heavy atom. The Kier molecular flexibility index (Phi) is 7.10. The summed E-state index contributed by atoms with van der Waals surface area (Å²) in [5.41, 5.74) is 0. The molecule has 0 amide bonds. The number of halogens is 1. The molecule has 5 nitrogen and oxygen atoms in total. The minimum Gasteiger partial charge on any atom is -0.317 e. The lowest BCUT2D eigenvalue weighted by atomic mass is 9.97. The van der Waals surface area contributed by atoms with Crippen LogP contribution in [0.15, 0.2) is 11.0 Å². The Morgan fingerprint density at radius 3 is 2.33 bits per heavy atom. The lowest BCUT2D eigenvalue weighted by molar-refractivity contribution is 0.152. The molecule has 2 aliphatic rings. The van der Waals surface area contributed by atoms with E-state index in [9.17, 15) is 8.42 Å². The molecule has 1 aromatic heterocycles. The van der Waals surface area contributed by atoms with Crippen molar-refractivity contribution < 1.29 is 8.42 Å². The molecular weight excluding hydrogens is 366 g/mol. The maximum atomic E-state index is 12.8. The van der Waals surface area contributed by atoms with E-state index in [0.29, 0.717) is 18.0 Å². The number of thiophene rings is 1. The predicted molar refractivity (Wildman–Crippen MR) is 102 cm³/mol. The van der Waals surface area contributed by atoms with Crippen LogP contribution in [0.4, 0.5) is 0 Å². The van der Waals surface area contributed by atoms with E-state index in [1.165, 1.54) is 12.8 Å². The highest BCUT2D eigenvalue weighted by molar-refractivity contribution is 7.89. The molecule has 0 radical (unpaired) electrons. The van der Waals surface area contributed by atoms with Gasteiger partial charge in [-0.3, -0.25) is 0 Å². The molecule has 2 fully saturated rings. The van der Waals surface area contributed by atoms with E-state index in [4.69, 9.17) is 0 Å². The van der Waals surface area contributed by atoms with Crippen molar-refractivity contribution in [2.75, 3.05) is 45.8 Å². The van der Waals surface area contributed by atoms with Crippen molar-refractivity contribution in [1.29, 1.82) is 0 Å². The summed E-state index contributed by atoms with van der Waals surface area (Å²) in [5, 5.41) is 3.40. The number of aryl methyl sites for hydroxylation is 2. The first kappa shape index (κ1) is 20.1. The molecule has 1 N–H and O–H groups in total. The van der Waals surface area contributed by atoms with Gasteiger partial charge in [-0.2, -0.15) is 4.31 Å². The SMILES string of the molecule is Cc1cc(S(=O)(=O)N2CCN(CC3CCNCC3)CC2)c(C)s1.Cl. The monoisotopic (exact) mass is 393 g/mol. The summed E-state index contributed by atoms with van der Waals surface area (Å²) in [6.07, 6.45) is 2.48. The third kappa shape index (κ3) is 4.51. The molecule has 0 spiro atoms. The van der Waals surface area contributed by atoms with Crippen LogP contribution in [-0.4, -0.2) is 63.4 Å². The van der Waals surface area contributed by atoms with Crippen LogP contribution < -0.4 is 5.32 Å². The lowest BCUT2D eigenvalue weighted by Crippen LogP contribution is -2.50. The highest BCUT2D eigenvalue weighted by Gasteiger charge is 2.31. The van der Waals surface area contributed by atoms with E-state index in [1.54, 1.807) is 15.6 Å². The van der Waals surface area contributed by atoms with Crippen molar-refractivity contribution >= 4 is 33.8 Å². The van der Waals surface area contributed by atoms with E-state index >= 15 is 0 Å². The summed E-state index contributed by atoms with van der Waals surface area (Å²) in [5.74, 6) is 0.765. The lowest BCUT2D eigenvalue weighted by Gasteiger charge is -2.36. The first-order valence-electron chi connectivity index (χ1n) is 8.47. The van der Waals surface area contributed by atoms with E-state index in [-0.39, 0.29) is 12.4 Å². The van der Waals surface area contributed by atoms with Gasteiger partial charge in [-0.25, -0.2) is 8.42 Å². The maximum Gasteiger partial charge on any atom is 0.244 e. The average molecular weight is 394 g/mol. The van der Waals surface area contributed by atoms with Crippen molar-refractivity contribution in [1.82, 2.24) is 14.5 Å². The van der Waals surface area contributed by atoms with Crippen molar-refractivity contribution in [3.63, 3.8) is 0 Å². The number of piperazine rings is 1. The van der Waals surface area contributed by atoms with Gasteiger partial charge in [0, 0.05) is 42.5 Å². The number of hydrogen-bond acceptors (Lipinski definition) is 5. The van der Waals surface area contributed by atoms with Crippen LogP contribution in [0.25, 0.3) is 0 Å². The van der Waals surface area contributed by atoms with Crippen LogP contribution in [0.2, 0.25) is 0 Å². The predicted octanol–water partition coefficient (Wildman–Crippen LogP) is 2.09. The standard InChI is InChI=1S/C16H27N3O2S2.ClH/c1-13-11-16(14(2)22-13)23(20,21)19-9-7-18(8-10-19)12-15-3-5-17-6-4-15;/h11,15,17H,3-10,12H2,1-2H3;1H. The summed E-state index contributed by atoms with van der Waals surface area (Å²) in [4.78, 5) is 4.91. The number of sulfonamides is 1. The molecule has 0 atom stereocenters. The zero-order valence-electron chi connectivity index (χ0n) is 14.5. The Bertz CT molecular complexity index is 634. The van der Waals surface area contributed by atoms with Crippen molar-refractivity contribution in [3.8, 4) is 0 Å². The molecule has 0 unspecified atom stereocenters. The molecule has 138 valence electrons. The quantitative estimate of drug-likeness (QED) is 0.851. The second-order valence-electron chi connectivity index (χ2n) is 6.68. The van der Waals surface area contributed by atoms with Gasteiger partial charge >= 0.3 is 0 Å². The minimum atomic E-state index is -3.32. The molecule has 0 bridgehead atoms.